The summed E-state index contributed by atoms with van der Waals surface area (Å²) >= 11 is 0. The van der Waals surface area contributed by atoms with Gasteiger partial charge in [0.15, 0.2) is 0 Å². The molecule has 3 rings (SSSR count). The molecule has 3 fully saturated rings. The third-order valence-electron chi connectivity index (χ3n) is 4.76. The molecule has 2 aliphatic carbocycles. The second-order valence-corrected chi connectivity index (χ2v) is 6.88. The highest BCUT2D eigenvalue weighted by atomic mass is 15.2. The van der Waals surface area contributed by atoms with Crippen molar-refractivity contribution in [2.45, 2.75) is 58.0 Å². The van der Waals surface area contributed by atoms with Crippen LogP contribution in [0.5, 0.6) is 0 Å². The first kappa shape index (κ1) is 12.0. The van der Waals surface area contributed by atoms with E-state index in [2.05, 4.69) is 24.1 Å². The maximum atomic E-state index is 3.61. The normalized spacial score (nSPS) is 30.7. The molecule has 0 bridgehead atoms. The molecule has 98 valence electrons. The highest BCUT2D eigenvalue weighted by molar-refractivity contribution is 4.99. The Bertz CT molecular complexity index is 244. The van der Waals surface area contributed by atoms with Crippen LogP contribution in [-0.2, 0) is 0 Å². The van der Waals surface area contributed by atoms with Crippen LogP contribution >= 0.6 is 0 Å². The van der Waals surface area contributed by atoms with Crippen LogP contribution in [0.3, 0.4) is 0 Å². The van der Waals surface area contributed by atoms with Crippen LogP contribution in [0.4, 0.5) is 0 Å². The Morgan fingerprint density at radius 2 is 1.71 bits per heavy atom. The molecule has 3 aliphatic rings. The Morgan fingerprint density at radius 1 is 1.06 bits per heavy atom. The first-order valence-electron chi connectivity index (χ1n) is 7.71. The molecule has 1 unspecified atom stereocenters. The molecule has 0 aromatic carbocycles. The quantitative estimate of drug-likeness (QED) is 0.762. The predicted molar refractivity (Wildman–Crippen MR) is 72.1 cm³/mol. The number of hydrogen-bond acceptors (Lipinski definition) is 2. The van der Waals surface area contributed by atoms with Crippen LogP contribution in [0.2, 0.25) is 0 Å². The Labute approximate surface area is 106 Å². The zero-order valence-electron chi connectivity index (χ0n) is 11.5. The average molecular weight is 236 g/mol. The van der Waals surface area contributed by atoms with Crippen LogP contribution < -0.4 is 5.32 Å². The minimum Gasteiger partial charge on any atom is -0.314 e. The van der Waals surface area contributed by atoms with Gasteiger partial charge in [0.05, 0.1) is 0 Å². The Kier molecular flexibility index (Phi) is 3.45. The van der Waals surface area contributed by atoms with Crippen molar-refractivity contribution in [2.75, 3.05) is 19.6 Å². The lowest BCUT2D eigenvalue weighted by molar-refractivity contribution is 0.186. The zero-order chi connectivity index (χ0) is 11.8. The van der Waals surface area contributed by atoms with Gasteiger partial charge in [-0.25, -0.2) is 0 Å². The van der Waals surface area contributed by atoms with Crippen LogP contribution in [0.25, 0.3) is 0 Å². The fraction of sp³-hybridized carbons (Fsp3) is 1.00. The topological polar surface area (TPSA) is 15.3 Å². The molecule has 0 spiro atoms. The molecule has 17 heavy (non-hydrogen) atoms. The summed E-state index contributed by atoms with van der Waals surface area (Å²) in [4.78, 5) is 2.85. The number of nitrogens with zero attached hydrogens (tertiary/aromatic N) is 1. The maximum absolute atomic E-state index is 3.61. The van der Waals surface area contributed by atoms with Crippen LogP contribution in [0.1, 0.15) is 46.0 Å². The standard InChI is InChI=1S/C15H28N2/c1-11(2)16-9-12-7-8-17(10-12)15(13-3-4-13)14-5-6-14/h11-16H,3-10H2,1-2H3. The highest BCUT2D eigenvalue weighted by Crippen LogP contribution is 2.48. The van der Waals surface area contributed by atoms with Crippen molar-refractivity contribution in [1.29, 1.82) is 0 Å². The summed E-state index contributed by atoms with van der Waals surface area (Å²) in [5.74, 6) is 3.08. The lowest BCUT2D eigenvalue weighted by Crippen LogP contribution is -2.38. The molecule has 1 atom stereocenters. The van der Waals surface area contributed by atoms with Gasteiger partial charge in [-0.15, -0.1) is 0 Å². The highest BCUT2D eigenvalue weighted by Gasteiger charge is 2.45. The van der Waals surface area contributed by atoms with Crippen molar-refractivity contribution in [3.63, 3.8) is 0 Å². The summed E-state index contributed by atoms with van der Waals surface area (Å²) in [6.07, 6.45) is 7.51. The van der Waals surface area contributed by atoms with Crippen LogP contribution in [0, 0.1) is 17.8 Å². The molecule has 1 aliphatic heterocycles. The van der Waals surface area contributed by atoms with Gasteiger partial charge >= 0.3 is 0 Å². The van der Waals surface area contributed by atoms with Crippen LogP contribution in [-0.4, -0.2) is 36.6 Å². The fourth-order valence-corrected chi connectivity index (χ4v) is 3.56. The van der Waals surface area contributed by atoms with E-state index in [1.165, 1.54) is 51.7 Å². The van der Waals surface area contributed by atoms with Crippen molar-refractivity contribution in [1.82, 2.24) is 10.2 Å². The lowest BCUT2D eigenvalue weighted by Gasteiger charge is -2.28. The molecule has 0 radical (unpaired) electrons. The van der Waals surface area contributed by atoms with Gasteiger partial charge < -0.3 is 5.32 Å². The molecule has 0 aromatic rings. The van der Waals surface area contributed by atoms with Crippen molar-refractivity contribution in [2.24, 2.45) is 17.8 Å². The van der Waals surface area contributed by atoms with E-state index in [-0.39, 0.29) is 0 Å². The molecule has 1 saturated heterocycles. The average Bonchev–Trinajstić information content (AvgIpc) is 3.18. The molecule has 2 nitrogen and oxygen atoms in total. The molecule has 0 aromatic heterocycles. The second-order valence-electron chi connectivity index (χ2n) is 6.88. The van der Waals surface area contributed by atoms with E-state index in [4.69, 9.17) is 0 Å². The van der Waals surface area contributed by atoms with E-state index in [9.17, 15) is 0 Å². The van der Waals surface area contributed by atoms with Crippen molar-refractivity contribution >= 4 is 0 Å². The number of hydrogen-bond donors (Lipinski definition) is 1. The third kappa shape index (κ3) is 3.03. The Morgan fingerprint density at radius 3 is 2.24 bits per heavy atom. The second kappa shape index (κ2) is 4.89. The van der Waals surface area contributed by atoms with E-state index in [0.29, 0.717) is 6.04 Å². The molecule has 1 heterocycles. The van der Waals surface area contributed by atoms with Gasteiger partial charge in [0.25, 0.3) is 0 Å². The maximum Gasteiger partial charge on any atom is 0.0152 e. The van der Waals surface area contributed by atoms with Crippen molar-refractivity contribution < 1.29 is 0 Å². The smallest absolute Gasteiger partial charge is 0.0152 e. The van der Waals surface area contributed by atoms with Gasteiger partial charge in [-0.2, -0.15) is 0 Å². The van der Waals surface area contributed by atoms with Gasteiger partial charge in [0.1, 0.15) is 0 Å². The molecular formula is C15H28N2. The van der Waals surface area contributed by atoms with E-state index >= 15 is 0 Å². The zero-order valence-corrected chi connectivity index (χ0v) is 11.5. The van der Waals surface area contributed by atoms with Crippen molar-refractivity contribution in [3.05, 3.63) is 0 Å². The largest absolute Gasteiger partial charge is 0.314 e. The fourth-order valence-electron chi connectivity index (χ4n) is 3.56. The number of rotatable bonds is 6. The van der Waals surface area contributed by atoms with Gasteiger partial charge in [-0.1, -0.05) is 13.8 Å². The summed E-state index contributed by atoms with van der Waals surface area (Å²) in [6.45, 7) is 8.49. The molecule has 2 saturated carbocycles. The summed E-state index contributed by atoms with van der Waals surface area (Å²) in [5.41, 5.74) is 0. The van der Waals surface area contributed by atoms with E-state index in [0.717, 1.165) is 23.8 Å². The molecule has 1 N–H and O–H groups in total. The number of nitrogens with one attached hydrogen (secondary N) is 1. The van der Waals surface area contributed by atoms with Gasteiger partial charge in [0.2, 0.25) is 0 Å². The minimum atomic E-state index is 0.645. The van der Waals surface area contributed by atoms with Gasteiger partial charge in [0, 0.05) is 18.6 Å². The minimum absolute atomic E-state index is 0.645. The Hall–Kier alpha value is -0.0800. The van der Waals surface area contributed by atoms with E-state index < -0.39 is 0 Å². The molecular weight excluding hydrogens is 208 g/mol. The lowest BCUT2D eigenvalue weighted by atomic mass is 10.1. The van der Waals surface area contributed by atoms with Gasteiger partial charge in [-0.05, 0) is 62.9 Å². The van der Waals surface area contributed by atoms with Crippen LogP contribution in [0.15, 0.2) is 0 Å². The summed E-state index contributed by atoms with van der Waals surface area (Å²) < 4.78 is 0. The number of likely N-dealkylation sites (tertiary alicyclic amines) is 1. The first-order valence-corrected chi connectivity index (χ1v) is 7.71. The third-order valence-corrected chi connectivity index (χ3v) is 4.76. The van der Waals surface area contributed by atoms with Gasteiger partial charge in [-0.3, -0.25) is 4.90 Å². The Balaban J connectivity index is 1.48. The molecule has 0 amide bonds. The predicted octanol–water partition coefficient (Wildman–Crippen LogP) is 2.49. The summed E-state index contributed by atoms with van der Waals surface area (Å²) in [7, 11) is 0. The first-order chi connectivity index (χ1) is 8.24. The summed E-state index contributed by atoms with van der Waals surface area (Å²) in [5, 5.41) is 3.61. The molecule has 2 heteroatoms. The van der Waals surface area contributed by atoms with E-state index in [1.54, 1.807) is 0 Å². The monoisotopic (exact) mass is 236 g/mol. The SMILES string of the molecule is CC(C)NCC1CCN(C(C2CC2)C2CC2)C1. The van der Waals surface area contributed by atoms with E-state index in [1.807, 2.05) is 0 Å². The summed E-state index contributed by atoms with van der Waals surface area (Å²) in [6, 6.07) is 1.63. The van der Waals surface area contributed by atoms with Crippen molar-refractivity contribution in [3.8, 4) is 0 Å².